The number of nitrogens with zero attached hydrogens (tertiary/aromatic N) is 1. The minimum atomic E-state index is 0.569. The van der Waals surface area contributed by atoms with Crippen molar-refractivity contribution in [3.63, 3.8) is 0 Å². The van der Waals surface area contributed by atoms with Crippen LogP contribution >= 0.6 is 0 Å². The Morgan fingerprint density at radius 1 is 0.778 bits per heavy atom. The quantitative estimate of drug-likeness (QED) is 0.330. The second kappa shape index (κ2) is 11.3. The van der Waals surface area contributed by atoms with Gasteiger partial charge in [0.2, 0.25) is 0 Å². The summed E-state index contributed by atoms with van der Waals surface area (Å²) in [6.45, 7) is 3.57. The van der Waals surface area contributed by atoms with Crippen LogP contribution in [0.4, 0.5) is 0 Å². The summed E-state index contributed by atoms with van der Waals surface area (Å²) >= 11 is 0. The summed E-state index contributed by atoms with van der Waals surface area (Å²) in [4.78, 5) is 2.79. The molecule has 0 aromatic rings. The minimum Gasteiger partial charge on any atom is -0.371 e. The first-order valence-corrected chi connectivity index (χ1v) is 12.4. The summed E-state index contributed by atoms with van der Waals surface area (Å²) in [5.41, 5.74) is 4.08. The van der Waals surface area contributed by atoms with Gasteiger partial charge in [0.15, 0.2) is 0 Å². The highest BCUT2D eigenvalue weighted by molar-refractivity contribution is 6.02. The molecule has 2 atom stereocenters. The first-order valence-electron chi connectivity index (χ1n) is 12.4. The molecule has 0 bridgehead atoms. The zero-order valence-electron chi connectivity index (χ0n) is 18.0. The van der Waals surface area contributed by atoms with Gasteiger partial charge in [0.25, 0.3) is 0 Å². The fraction of sp³-hybridized carbons (Fsp3) is 0.880. The van der Waals surface area contributed by atoms with E-state index in [4.69, 9.17) is 5.41 Å². The first-order chi connectivity index (χ1) is 13.3. The average Bonchev–Trinajstić information content (AvgIpc) is 3.35. The Morgan fingerprint density at radius 3 is 2.07 bits per heavy atom. The Balaban J connectivity index is 1.27. The molecule has 2 nitrogen and oxygen atoms in total. The standard InChI is InChI=1S/C25H44N2/c1-2-3-4-5-6-7-8-9-10-11-12-13-20-27-23-18-14-16-21(23)25(26)22-17-15-19-24(22)27/h21,23,26H,2-20H2,1H3. The summed E-state index contributed by atoms with van der Waals surface area (Å²) in [6.07, 6.45) is 24.9. The Hall–Kier alpha value is -0.790. The van der Waals surface area contributed by atoms with Gasteiger partial charge in [0.1, 0.15) is 0 Å². The molecule has 0 aromatic heterocycles. The Morgan fingerprint density at radius 2 is 1.41 bits per heavy atom. The maximum atomic E-state index is 8.62. The fourth-order valence-corrected chi connectivity index (χ4v) is 5.83. The second-order valence-corrected chi connectivity index (χ2v) is 9.38. The smallest absolute Gasteiger partial charge is 0.0414 e. The van der Waals surface area contributed by atoms with Crippen LogP contribution in [0.1, 0.15) is 122 Å². The molecule has 1 fully saturated rings. The summed E-state index contributed by atoms with van der Waals surface area (Å²) in [7, 11) is 0. The third-order valence-corrected chi connectivity index (χ3v) is 7.36. The van der Waals surface area contributed by atoms with Crippen LogP contribution in [-0.2, 0) is 0 Å². The molecule has 2 aliphatic carbocycles. The topological polar surface area (TPSA) is 27.1 Å². The van der Waals surface area contributed by atoms with E-state index < -0.39 is 0 Å². The first kappa shape index (κ1) is 20.9. The van der Waals surface area contributed by atoms with Gasteiger partial charge in [0.05, 0.1) is 0 Å². The highest BCUT2D eigenvalue weighted by Gasteiger charge is 2.42. The molecule has 3 aliphatic rings. The van der Waals surface area contributed by atoms with Crippen molar-refractivity contribution in [2.45, 2.75) is 129 Å². The van der Waals surface area contributed by atoms with Crippen molar-refractivity contribution in [3.05, 3.63) is 11.3 Å². The van der Waals surface area contributed by atoms with Crippen LogP contribution in [0.5, 0.6) is 0 Å². The highest BCUT2D eigenvalue weighted by atomic mass is 15.2. The lowest BCUT2D eigenvalue weighted by atomic mass is 9.86. The molecule has 0 amide bonds. The van der Waals surface area contributed by atoms with Gasteiger partial charge in [-0.25, -0.2) is 0 Å². The van der Waals surface area contributed by atoms with E-state index in [1.807, 2.05) is 0 Å². The SMILES string of the molecule is CCCCCCCCCCCCCCN1C2=C(CCC2)C(=N)C2CCCC21. The van der Waals surface area contributed by atoms with Gasteiger partial charge in [-0.15, -0.1) is 0 Å². The maximum absolute atomic E-state index is 8.62. The molecular formula is C25H44N2. The van der Waals surface area contributed by atoms with Gasteiger partial charge in [-0.05, 0) is 44.1 Å². The summed E-state index contributed by atoms with van der Waals surface area (Å²) in [6, 6.07) is 0.682. The average molecular weight is 373 g/mol. The van der Waals surface area contributed by atoms with E-state index >= 15 is 0 Å². The highest BCUT2D eigenvalue weighted by Crippen LogP contribution is 2.44. The van der Waals surface area contributed by atoms with E-state index in [0.717, 1.165) is 5.71 Å². The lowest BCUT2D eigenvalue weighted by Gasteiger charge is -2.41. The van der Waals surface area contributed by atoms with Crippen molar-refractivity contribution >= 4 is 5.71 Å². The predicted octanol–water partition coefficient (Wildman–Crippen LogP) is 7.63. The van der Waals surface area contributed by atoms with Gasteiger partial charge in [-0.2, -0.15) is 0 Å². The maximum Gasteiger partial charge on any atom is 0.0414 e. The summed E-state index contributed by atoms with van der Waals surface area (Å²) < 4.78 is 0. The van der Waals surface area contributed by atoms with Crippen LogP contribution < -0.4 is 0 Å². The third-order valence-electron chi connectivity index (χ3n) is 7.36. The van der Waals surface area contributed by atoms with Crippen LogP contribution in [0.2, 0.25) is 0 Å². The Labute approximate surface area is 168 Å². The monoisotopic (exact) mass is 372 g/mol. The lowest BCUT2D eigenvalue weighted by Crippen LogP contribution is -2.45. The van der Waals surface area contributed by atoms with Crippen molar-refractivity contribution in [1.82, 2.24) is 4.90 Å². The number of rotatable bonds is 13. The zero-order valence-corrected chi connectivity index (χ0v) is 18.0. The minimum absolute atomic E-state index is 0.569. The van der Waals surface area contributed by atoms with Crippen LogP contribution in [0.3, 0.4) is 0 Å². The Bertz CT molecular complexity index is 493. The molecule has 0 saturated heterocycles. The zero-order chi connectivity index (χ0) is 18.9. The van der Waals surface area contributed by atoms with Crippen molar-refractivity contribution < 1.29 is 0 Å². The van der Waals surface area contributed by atoms with Gasteiger partial charge >= 0.3 is 0 Å². The predicted molar refractivity (Wildman–Crippen MR) is 118 cm³/mol. The van der Waals surface area contributed by atoms with Crippen molar-refractivity contribution in [1.29, 1.82) is 5.41 Å². The lowest BCUT2D eigenvalue weighted by molar-refractivity contribution is 0.216. The molecule has 1 N–H and O–H groups in total. The number of nitrogens with one attached hydrogen (secondary N) is 1. The molecule has 0 radical (unpaired) electrons. The number of allylic oxidation sites excluding steroid dienone is 2. The van der Waals surface area contributed by atoms with Crippen LogP contribution in [0.25, 0.3) is 0 Å². The molecular weight excluding hydrogens is 328 g/mol. The van der Waals surface area contributed by atoms with E-state index in [9.17, 15) is 0 Å². The number of fused-ring (bicyclic) bond motifs is 1. The molecule has 1 heterocycles. The van der Waals surface area contributed by atoms with E-state index in [1.165, 1.54) is 128 Å². The van der Waals surface area contributed by atoms with E-state index in [-0.39, 0.29) is 0 Å². The van der Waals surface area contributed by atoms with Gasteiger partial charge < -0.3 is 10.3 Å². The van der Waals surface area contributed by atoms with Crippen molar-refractivity contribution in [3.8, 4) is 0 Å². The Kier molecular flexibility index (Phi) is 8.74. The molecule has 0 aromatic carbocycles. The molecule has 27 heavy (non-hydrogen) atoms. The van der Waals surface area contributed by atoms with Gasteiger partial charge in [-0.3, -0.25) is 0 Å². The fourth-order valence-electron chi connectivity index (χ4n) is 5.83. The number of unbranched alkanes of at least 4 members (excludes halogenated alkanes) is 11. The van der Waals surface area contributed by atoms with Gasteiger partial charge in [0, 0.05) is 29.9 Å². The largest absolute Gasteiger partial charge is 0.371 e. The molecule has 0 spiro atoms. The van der Waals surface area contributed by atoms with Crippen LogP contribution in [-0.4, -0.2) is 23.2 Å². The van der Waals surface area contributed by atoms with Crippen LogP contribution in [0.15, 0.2) is 11.3 Å². The van der Waals surface area contributed by atoms with E-state index in [2.05, 4.69) is 11.8 Å². The molecule has 2 heteroatoms. The van der Waals surface area contributed by atoms with E-state index in [0.29, 0.717) is 12.0 Å². The van der Waals surface area contributed by atoms with Crippen molar-refractivity contribution in [2.75, 3.05) is 6.54 Å². The molecule has 1 aliphatic heterocycles. The third kappa shape index (κ3) is 5.61. The second-order valence-electron chi connectivity index (χ2n) is 9.38. The molecule has 2 unspecified atom stereocenters. The summed E-state index contributed by atoms with van der Waals surface area (Å²) in [5.74, 6) is 0.569. The normalized spacial score (nSPS) is 24.6. The molecule has 154 valence electrons. The molecule has 3 rings (SSSR count). The number of hydrogen-bond donors (Lipinski definition) is 1. The summed E-state index contributed by atoms with van der Waals surface area (Å²) in [5, 5.41) is 8.62. The van der Waals surface area contributed by atoms with Crippen molar-refractivity contribution in [2.24, 2.45) is 5.92 Å². The van der Waals surface area contributed by atoms with Crippen LogP contribution in [0, 0.1) is 11.3 Å². The molecule has 1 saturated carbocycles. The van der Waals surface area contributed by atoms with Gasteiger partial charge in [-0.1, -0.05) is 84.0 Å². The number of hydrogen-bond acceptors (Lipinski definition) is 2. The van der Waals surface area contributed by atoms with E-state index in [1.54, 1.807) is 5.70 Å².